The number of H-pyrrole nitrogens is 1. The largest absolute Gasteiger partial charge is 0.386 e. The van der Waals surface area contributed by atoms with E-state index in [1.807, 2.05) is 37.3 Å². The minimum Gasteiger partial charge on any atom is -0.386 e. The Morgan fingerprint density at radius 1 is 1.17 bits per heavy atom. The Labute approximate surface area is 239 Å². The number of allylic oxidation sites excluding steroid dienone is 7. The molecule has 6 nitrogen and oxygen atoms in total. The molecule has 0 bridgehead atoms. The Balaban J connectivity index is 1.46. The average molecular weight is 545 g/mol. The van der Waals surface area contributed by atoms with Crippen molar-refractivity contribution in [3.63, 3.8) is 0 Å². The highest BCUT2D eigenvalue weighted by Crippen LogP contribution is 2.35. The molecule has 1 aliphatic carbocycles. The highest BCUT2D eigenvalue weighted by molar-refractivity contribution is 5.94. The van der Waals surface area contributed by atoms with E-state index < -0.39 is 5.82 Å². The Kier molecular flexibility index (Phi) is 8.46. The van der Waals surface area contributed by atoms with Crippen molar-refractivity contribution in [3.8, 4) is 0 Å². The van der Waals surface area contributed by atoms with Crippen molar-refractivity contribution in [2.45, 2.75) is 19.9 Å². The zero-order chi connectivity index (χ0) is 28.8. The molecule has 5 rings (SSSR count). The molecule has 0 amide bonds. The predicted octanol–water partition coefficient (Wildman–Crippen LogP) is 7.24. The molecule has 0 aliphatic heterocycles. The fraction of sp³-hybridized carbons (Fsp3) is 0.147. The van der Waals surface area contributed by atoms with Crippen LogP contribution in [0.25, 0.3) is 27.8 Å². The quantitative estimate of drug-likeness (QED) is 0.173. The summed E-state index contributed by atoms with van der Waals surface area (Å²) in [6.07, 6.45) is 17.9. The van der Waals surface area contributed by atoms with Crippen LogP contribution in [0.3, 0.4) is 0 Å². The summed E-state index contributed by atoms with van der Waals surface area (Å²) in [5, 5.41) is 6.48. The molecule has 1 aliphatic rings. The molecule has 3 heterocycles. The first kappa shape index (κ1) is 27.7. The first-order valence-corrected chi connectivity index (χ1v) is 13.5. The second-order valence-electron chi connectivity index (χ2n) is 9.66. The zero-order valence-electron chi connectivity index (χ0n) is 23.3. The van der Waals surface area contributed by atoms with Crippen LogP contribution in [-0.4, -0.2) is 33.5 Å². The maximum absolute atomic E-state index is 16.4. The summed E-state index contributed by atoms with van der Waals surface area (Å²) in [5.74, 6) is -0.00839. The number of anilines is 1. The molecule has 0 saturated heterocycles. The third-order valence-electron chi connectivity index (χ3n) is 7.04. The predicted molar refractivity (Wildman–Crippen MR) is 168 cm³/mol. The summed E-state index contributed by atoms with van der Waals surface area (Å²) in [6.45, 7) is 11.4. The van der Waals surface area contributed by atoms with Gasteiger partial charge in [-0.25, -0.2) is 9.37 Å². The highest BCUT2D eigenvalue weighted by Gasteiger charge is 2.22. The molecule has 0 atom stereocenters. The van der Waals surface area contributed by atoms with Crippen LogP contribution in [-0.2, 0) is 6.54 Å². The van der Waals surface area contributed by atoms with Gasteiger partial charge in [-0.15, -0.1) is 0 Å². The van der Waals surface area contributed by atoms with Crippen LogP contribution < -0.4 is 10.6 Å². The maximum Gasteiger partial charge on any atom is 0.159 e. The Morgan fingerprint density at radius 3 is 2.71 bits per heavy atom. The van der Waals surface area contributed by atoms with E-state index in [0.717, 1.165) is 34.2 Å². The van der Waals surface area contributed by atoms with Gasteiger partial charge < -0.3 is 15.6 Å². The molecule has 0 spiro atoms. The third kappa shape index (κ3) is 5.85. The van der Waals surface area contributed by atoms with E-state index in [-0.39, 0.29) is 5.69 Å². The number of nitrogens with zero attached hydrogens (tertiary/aromatic N) is 3. The fourth-order valence-electron chi connectivity index (χ4n) is 4.85. The lowest BCUT2D eigenvalue weighted by Crippen LogP contribution is -2.16. The van der Waals surface area contributed by atoms with E-state index in [1.54, 1.807) is 31.7 Å². The molecule has 7 heteroatoms. The first-order chi connectivity index (χ1) is 20.0. The molecule has 3 aromatic heterocycles. The Hall–Kier alpha value is -4.88. The second-order valence-corrected chi connectivity index (χ2v) is 9.66. The molecule has 0 saturated carbocycles. The van der Waals surface area contributed by atoms with Crippen LogP contribution in [0.2, 0.25) is 0 Å². The number of benzene rings is 1. The van der Waals surface area contributed by atoms with E-state index in [9.17, 15) is 0 Å². The monoisotopic (exact) mass is 544 g/mol. The van der Waals surface area contributed by atoms with Gasteiger partial charge in [-0.1, -0.05) is 73.9 Å². The molecule has 41 heavy (non-hydrogen) atoms. The van der Waals surface area contributed by atoms with Crippen molar-refractivity contribution >= 4 is 33.4 Å². The van der Waals surface area contributed by atoms with Crippen LogP contribution >= 0.6 is 0 Å². The number of halogens is 1. The van der Waals surface area contributed by atoms with Crippen molar-refractivity contribution in [2.75, 3.05) is 18.9 Å². The van der Waals surface area contributed by atoms with E-state index in [0.29, 0.717) is 41.3 Å². The number of fused-ring (bicyclic) bond motifs is 1. The fourth-order valence-corrected chi connectivity index (χ4v) is 4.85. The van der Waals surface area contributed by atoms with Crippen LogP contribution in [0, 0.1) is 5.82 Å². The summed E-state index contributed by atoms with van der Waals surface area (Å²) in [6, 6.07) is 10.2. The van der Waals surface area contributed by atoms with Gasteiger partial charge in [-0.05, 0) is 41.7 Å². The van der Waals surface area contributed by atoms with Gasteiger partial charge >= 0.3 is 0 Å². The van der Waals surface area contributed by atoms with Crippen molar-refractivity contribution in [1.82, 2.24) is 25.3 Å². The van der Waals surface area contributed by atoms with Gasteiger partial charge in [0.05, 0.1) is 29.1 Å². The number of hydrogen-bond acceptors (Lipinski definition) is 5. The van der Waals surface area contributed by atoms with Crippen molar-refractivity contribution in [2.24, 2.45) is 0 Å². The summed E-state index contributed by atoms with van der Waals surface area (Å²) in [5.41, 5.74) is 7.74. The number of imidazole rings is 1. The minimum atomic E-state index is -0.480. The third-order valence-corrected chi connectivity index (χ3v) is 7.04. The van der Waals surface area contributed by atoms with E-state index in [1.165, 1.54) is 5.56 Å². The van der Waals surface area contributed by atoms with Crippen LogP contribution in [0.5, 0.6) is 0 Å². The molecule has 4 aromatic rings. The van der Waals surface area contributed by atoms with Crippen molar-refractivity contribution in [1.29, 1.82) is 0 Å². The smallest absolute Gasteiger partial charge is 0.159 e. The number of nitrogens with one attached hydrogen (secondary N) is 3. The normalized spacial score (nSPS) is 13.5. The first-order valence-electron chi connectivity index (χ1n) is 13.5. The van der Waals surface area contributed by atoms with Gasteiger partial charge in [0.25, 0.3) is 0 Å². The van der Waals surface area contributed by atoms with Crippen LogP contribution in [0.1, 0.15) is 41.6 Å². The van der Waals surface area contributed by atoms with Gasteiger partial charge in [0, 0.05) is 43.0 Å². The average Bonchev–Trinajstić information content (AvgIpc) is 3.70. The summed E-state index contributed by atoms with van der Waals surface area (Å²) in [7, 11) is 1.73. The molecule has 0 fully saturated rings. The molecule has 3 N–H and O–H groups in total. The van der Waals surface area contributed by atoms with Crippen LogP contribution in [0.15, 0.2) is 104 Å². The van der Waals surface area contributed by atoms with Crippen molar-refractivity contribution < 1.29 is 4.39 Å². The standard InChI is InChI=1S/C34H33FN6/c1-5-23(17-37-18-24-12-8-7-9-13-24)16-25(6-2)32-31(35)30(28(36-4)21-39-32)22(3)34-40-29-20-38-19-27(33(29)41-34)26-14-10-11-15-26/h5-10,12-16,19-21,36-37H,1,3,11,17-18H2,2,4H3,(H,40,41)/b23-16+,25-6+. The number of aromatic amines is 1. The van der Waals surface area contributed by atoms with Crippen LogP contribution in [0.4, 0.5) is 10.1 Å². The topological polar surface area (TPSA) is 78.5 Å². The molecule has 206 valence electrons. The summed E-state index contributed by atoms with van der Waals surface area (Å²) >= 11 is 0. The lowest BCUT2D eigenvalue weighted by molar-refractivity contribution is 0.614. The van der Waals surface area contributed by atoms with E-state index in [4.69, 9.17) is 4.98 Å². The van der Waals surface area contributed by atoms with Crippen molar-refractivity contribution in [3.05, 3.63) is 138 Å². The number of aromatic nitrogens is 4. The molecular weight excluding hydrogens is 511 g/mol. The van der Waals surface area contributed by atoms with E-state index in [2.05, 4.69) is 69.1 Å². The molecule has 0 unspecified atom stereocenters. The SMILES string of the molecule is C=C/C(=C\C(=C/C)c1ncc(NC)c(C(=C)c2nc3c(C4=CCC=C4)cncc3[nH]2)c1F)CNCc1ccccc1. The molecule has 0 radical (unpaired) electrons. The number of rotatable bonds is 11. The Morgan fingerprint density at radius 2 is 2.00 bits per heavy atom. The summed E-state index contributed by atoms with van der Waals surface area (Å²) < 4.78 is 16.4. The lowest BCUT2D eigenvalue weighted by atomic mass is 9.99. The number of pyridine rings is 2. The van der Waals surface area contributed by atoms with Gasteiger partial charge in [0.2, 0.25) is 0 Å². The lowest BCUT2D eigenvalue weighted by Gasteiger charge is -2.15. The zero-order valence-corrected chi connectivity index (χ0v) is 23.3. The molecular formula is C34H33FN6. The van der Waals surface area contributed by atoms with Gasteiger partial charge in [-0.2, -0.15) is 0 Å². The Bertz CT molecular complexity index is 1720. The maximum atomic E-state index is 16.4. The molecule has 1 aromatic carbocycles. The highest BCUT2D eigenvalue weighted by atomic mass is 19.1. The van der Waals surface area contributed by atoms with Gasteiger partial charge in [-0.3, -0.25) is 9.97 Å². The van der Waals surface area contributed by atoms with E-state index >= 15 is 4.39 Å². The number of hydrogen-bond donors (Lipinski definition) is 3. The minimum absolute atomic E-state index is 0.227. The van der Waals surface area contributed by atoms with Gasteiger partial charge in [0.1, 0.15) is 11.5 Å². The summed E-state index contributed by atoms with van der Waals surface area (Å²) in [4.78, 5) is 17.0. The van der Waals surface area contributed by atoms with Gasteiger partial charge in [0.15, 0.2) is 5.82 Å². The second kappa shape index (κ2) is 12.5.